The van der Waals surface area contributed by atoms with Gasteiger partial charge >= 0.3 is 0 Å². The third kappa shape index (κ3) is 4.45. The van der Waals surface area contributed by atoms with Crippen LogP contribution < -0.4 is 15.5 Å². The summed E-state index contributed by atoms with van der Waals surface area (Å²) in [6.07, 6.45) is 5.56. The second-order valence-electron chi connectivity index (χ2n) is 7.81. The zero-order valence-electron chi connectivity index (χ0n) is 17.4. The number of hydrogen-bond acceptors (Lipinski definition) is 7. The molecule has 10 heteroatoms. The van der Waals surface area contributed by atoms with Gasteiger partial charge in [-0.2, -0.15) is 0 Å². The number of rotatable bonds is 5. The average molecular weight is 450 g/mol. The highest BCUT2D eigenvalue weighted by Gasteiger charge is 2.28. The van der Waals surface area contributed by atoms with Crippen molar-refractivity contribution in [3.63, 3.8) is 0 Å². The summed E-state index contributed by atoms with van der Waals surface area (Å²) >= 11 is 1.53. The van der Waals surface area contributed by atoms with Crippen molar-refractivity contribution in [2.45, 2.75) is 30.3 Å². The van der Waals surface area contributed by atoms with Crippen molar-refractivity contribution >= 4 is 35.1 Å². The largest absolute Gasteiger partial charge is 0.357 e. The fourth-order valence-electron chi connectivity index (χ4n) is 3.80. The smallest absolute Gasteiger partial charge is 0.291 e. The maximum Gasteiger partial charge on any atom is 0.291 e. The van der Waals surface area contributed by atoms with Crippen LogP contribution in [0.2, 0.25) is 0 Å². The Morgan fingerprint density at radius 1 is 1.19 bits per heavy atom. The van der Waals surface area contributed by atoms with Crippen molar-refractivity contribution in [2.75, 3.05) is 29.1 Å². The van der Waals surface area contributed by atoms with Crippen molar-refractivity contribution in [3.05, 3.63) is 60.3 Å². The van der Waals surface area contributed by atoms with E-state index in [1.54, 1.807) is 10.9 Å². The van der Waals surface area contributed by atoms with E-state index >= 15 is 0 Å². The van der Waals surface area contributed by atoms with Crippen LogP contribution in [-0.4, -0.2) is 56.4 Å². The van der Waals surface area contributed by atoms with Crippen LogP contribution in [0.3, 0.4) is 0 Å². The van der Waals surface area contributed by atoms with E-state index in [2.05, 4.69) is 30.6 Å². The van der Waals surface area contributed by atoms with Gasteiger partial charge in [-0.25, -0.2) is 14.6 Å². The van der Waals surface area contributed by atoms with E-state index in [0.717, 1.165) is 29.4 Å². The van der Waals surface area contributed by atoms with Gasteiger partial charge in [0.2, 0.25) is 11.7 Å². The minimum absolute atomic E-state index is 0.0403. The fourth-order valence-corrected chi connectivity index (χ4v) is 4.83. The average Bonchev–Trinajstić information content (AvgIpc) is 3.48. The van der Waals surface area contributed by atoms with Crippen molar-refractivity contribution in [1.82, 2.24) is 25.1 Å². The van der Waals surface area contributed by atoms with Crippen LogP contribution in [0.4, 0.5) is 11.5 Å². The third-order valence-corrected chi connectivity index (χ3v) is 6.64. The second kappa shape index (κ2) is 8.99. The van der Waals surface area contributed by atoms with E-state index in [1.165, 1.54) is 30.9 Å². The molecule has 1 fully saturated rings. The number of amides is 2. The van der Waals surface area contributed by atoms with Crippen LogP contribution in [0.15, 0.2) is 53.8 Å². The lowest BCUT2D eigenvalue weighted by Gasteiger charge is -2.17. The Labute approximate surface area is 189 Å². The zero-order chi connectivity index (χ0) is 21.9. The zero-order valence-corrected chi connectivity index (χ0v) is 18.2. The third-order valence-electron chi connectivity index (χ3n) is 5.49. The lowest BCUT2D eigenvalue weighted by molar-refractivity contribution is -0.117. The molecule has 0 unspecified atom stereocenters. The predicted molar refractivity (Wildman–Crippen MR) is 122 cm³/mol. The lowest BCUT2D eigenvalue weighted by Crippen LogP contribution is -2.45. The first kappa shape index (κ1) is 20.5. The van der Waals surface area contributed by atoms with Crippen LogP contribution in [0.1, 0.15) is 29.0 Å². The molecule has 0 spiro atoms. The first-order valence-corrected chi connectivity index (χ1v) is 11.6. The van der Waals surface area contributed by atoms with Gasteiger partial charge in [0.05, 0.1) is 18.4 Å². The molecule has 4 heterocycles. The molecule has 2 aliphatic rings. The van der Waals surface area contributed by atoms with E-state index in [0.29, 0.717) is 18.0 Å². The van der Waals surface area contributed by atoms with Crippen molar-refractivity contribution in [2.24, 2.45) is 0 Å². The first-order chi connectivity index (χ1) is 15.7. The number of benzene rings is 1. The molecule has 9 nitrogen and oxygen atoms in total. The molecule has 2 aromatic heterocycles. The highest BCUT2D eigenvalue weighted by molar-refractivity contribution is 7.99. The van der Waals surface area contributed by atoms with Gasteiger partial charge in [0, 0.05) is 23.7 Å². The van der Waals surface area contributed by atoms with Crippen molar-refractivity contribution < 1.29 is 9.59 Å². The molecule has 1 atom stereocenters. The Morgan fingerprint density at radius 3 is 2.81 bits per heavy atom. The molecule has 1 aromatic carbocycles. The Morgan fingerprint density at radius 2 is 2.00 bits per heavy atom. The number of aromatic nitrogens is 4. The van der Waals surface area contributed by atoms with E-state index in [4.69, 9.17) is 0 Å². The molecule has 5 rings (SSSR count). The normalized spacial score (nSPS) is 18.1. The molecular weight excluding hydrogens is 426 g/mol. The summed E-state index contributed by atoms with van der Waals surface area (Å²) in [5.74, 6) is 0.638. The Hall–Kier alpha value is -3.40. The number of fused-ring (bicyclic) bond motifs is 1. The molecule has 2 aliphatic heterocycles. The van der Waals surface area contributed by atoms with Crippen LogP contribution in [0.5, 0.6) is 0 Å². The minimum atomic E-state index is -0.698. The standard InChI is InChI=1S/C22H23N7O2S/c30-21-17(13-32-18-10-19(23-11-16(18)25-21)28-8-4-5-9-28)26-22(31)20-24-14-29(27-20)12-15-6-2-1-3-7-15/h1-3,6-7,10-11,14,17H,4-5,8-9,12-13H2,(H,25,30)(H,26,31)/t17-/m0/s1. The molecule has 32 heavy (non-hydrogen) atoms. The van der Waals surface area contributed by atoms with Crippen LogP contribution >= 0.6 is 11.8 Å². The molecular formula is C22H23N7O2S. The predicted octanol–water partition coefficient (Wildman–Crippen LogP) is 2.16. The van der Waals surface area contributed by atoms with Crippen LogP contribution in [0, 0.1) is 0 Å². The second-order valence-corrected chi connectivity index (χ2v) is 8.87. The SMILES string of the molecule is O=C(N[C@H]1CSc2cc(N3CCCC3)ncc2NC1=O)c1ncn(Cc2ccccc2)n1. The summed E-state index contributed by atoms with van der Waals surface area (Å²) in [6, 6.07) is 11.1. The topological polar surface area (TPSA) is 105 Å². The van der Waals surface area contributed by atoms with Crippen LogP contribution in [-0.2, 0) is 11.3 Å². The summed E-state index contributed by atoms with van der Waals surface area (Å²) in [5, 5.41) is 9.90. The minimum Gasteiger partial charge on any atom is -0.357 e. The summed E-state index contributed by atoms with van der Waals surface area (Å²) in [7, 11) is 0. The van der Waals surface area contributed by atoms with Gasteiger partial charge < -0.3 is 15.5 Å². The summed E-state index contributed by atoms with van der Waals surface area (Å²) < 4.78 is 1.60. The van der Waals surface area contributed by atoms with Crippen molar-refractivity contribution in [3.8, 4) is 0 Å². The van der Waals surface area contributed by atoms with Gasteiger partial charge in [-0.05, 0) is 24.5 Å². The van der Waals surface area contributed by atoms with Gasteiger partial charge in [-0.3, -0.25) is 9.59 Å². The number of nitrogens with one attached hydrogen (secondary N) is 2. The number of carbonyl (C=O) groups excluding carboxylic acids is 2. The molecule has 3 aromatic rings. The monoisotopic (exact) mass is 449 g/mol. The quantitative estimate of drug-likeness (QED) is 0.615. The van der Waals surface area contributed by atoms with Gasteiger partial charge in [0.25, 0.3) is 5.91 Å². The molecule has 0 radical (unpaired) electrons. The Bertz CT molecular complexity index is 1130. The molecule has 0 saturated carbocycles. The van der Waals surface area contributed by atoms with E-state index in [-0.39, 0.29) is 11.7 Å². The highest BCUT2D eigenvalue weighted by atomic mass is 32.2. The number of thioether (sulfide) groups is 1. The fraction of sp³-hybridized carbons (Fsp3) is 0.318. The maximum atomic E-state index is 12.7. The molecule has 0 aliphatic carbocycles. The number of anilines is 2. The van der Waals surface area contributed by atoms with Gasteiger partial charge in [0.1, 0.15) is 18.2 Å². The summed E-state index contributed by atoms with van der Waals surface area (Å²) in [4.78, 5) is 37.2. The van der Waals surface area contributed by atoms with Crippen LogP contribution in [0.25, 0.3) is 0 Å². The Balaban J connectivity index is 1.24. The number of nitrogens with zero attached hydrogens (tertiary/aromatic N) is 5. The van der Waals surface area contributed by atoms with Gasteiger partial charge in [-0.1, -0.05) is 30.3 Å². The van der Waals surface area contributed by atoms with Crippen molar-refractivity contribution in [1.29, 1.82) is 0 Å². The number of carbonyl (C=O) groups is 2. The first-order valence-electron chi connectivity index (χ1n) is 10.6. The lowest BCUT2D eigenvalue weighted by atomic mass is 10.2. The maximum absolute atomic E-state index is 12.7. The Kier molecular flexibility index (Phi) is 5.76. The van der Waals surface area contributed by atoms with Gasteiger partial charge in [0.15, 0.2) is 0 Å². The van der Waals surface area contributed by atoms with E-state index in [9.17, 15) is 9.59 Å². The number of pyridine rings is 1. The molecule has 164 valence electrons. The molecule has 2 amide bonds. The molecule has 0 bridgehead atoms. The highest BCUT2D eigenvalue weighted by Crippen LogP contribution is 2.33. The van der Waals surface area contributed by atoms with E-state index in [1.807, 2.05) is 36.4 Å². The van der Waals surface area contributed by atoms with E-state index < -0.39 is 11.9 Å². The molecule has 2 N–H and O–H groups in total. The van der Waals surface area contributed by atoms with Gasteiger partial charge in [-0.15, -0.1) is 16.9 Å². The summed E-state index contributed by atoms with van der Waals surface area (Å²) in [5.41, 5.74) is 1.73. The summed E-state index contributed by atoms with van der Waals surface area (Å²) in [6.45, 7) is 2.53. The molecule has 1 saturated heterocycles. The number of hydrogen-bond donors (Lipinski definition) is 2.